The zero-order valence-corrected chi connectivity index (χ0v) is 17.1. The molecule has 2 heteroatoms. The summed E-state index contributed by atoms with van der Waals surface area (Å²) in [5.74, 6) is 0.168. The standard InChI is InChI=1S/C23H42NO/c1-5-7-8-9-10-11-12-13-14-15-16-17-18-19-20-23(3,4)22(25)24-21-6-2/h10-11,13-14H,2,5-9,12,15-21H2,1,3-4H3,(H,24,25)/b11-10-,14-13-. The SMILES string of the molecule is [CH2]CCNC(=O)C(C)(C)CCCCCC/C=C\C/C=C\CCCCC. The van der Waals surface area contributed by atoms with Crippen molar-refractivity contribution in [2.45, 2.75) is 97.8 Å². The van der Waals surface area contributed by atoms with E-state index in [4.69, 9.17) is 0 Å². The molecule has 0 aromatic heterocycles. The third-order valence-electron chi connectivity index (χ3n) is 4.58. The fourth-order valence-electron chi connectivity index (χ4n) is 2.76. The molecule has 0 rings (SSSR count). The lowest BCUT2D eigenvalue weighted by molar-refractivity contribution is -0.129. The molecule has 0 aliphatic carbocycles. The van der Waals surface area contributed by atoms with Crippen LogP contribution in [-0.2, 0) is 4.79 Å². The lowest BCUT2D eigenvalue weighted by atomic mass is 9.85. The number of amides is 1. The Balaban J connectivity index is 3.54. The molecule has 0 fully saturated rings. The van der Waals surface area contributed by atoms with E-state index in [1.807, 2.05) is 13.8 Å². The molecule has 145 valence electrons. The normalized spacial score (nSPS) is 12.3. The van der Waals surface area contributed by atoms with Crippen molar-refractivity contribution in [1.29, 1.82) is 0 Å². The molecule has 1 amide bonds. The van der Waals surface area contributed by atoms with Gasteiger partial charge in [-0.15, -0.1) is 0 Å². The molecule has 0 bridgehead atoms. The maximum atomic E-state index is 12.0. The Morgan fingerprint density at radius 3 is 2.12 bits per heavy atom. The van der Waals surface area contributed by atoms with Crippen LogP contribution in [0.15, 0.2) is 24.3 Å². The van der Waals surface area contributed by atoms with Gasteiger partial charge < -0.3 is 5.32 Å². The summed E-state index contributed by atoms with van der Waals surface area (Å²) in [6.07, 6.45) is 23.2. The van der Waals surface area contributed by atoms with E-state index in [1.165, 1.54) is 51.4 Å². The molecule has 0 aliphatic rings. The van der Waals surface area contributed by atoms with Crippen molar-refractivity contribution in [2.24, 2.45) is 5.41 Å². The van der Waals surface area contributed by atoms with Crippen LogP contribution in [0.4, 0.5) is 0 Å². The third kappa shape index (κ3) is 15.0. The number of carbonyl (C=O) groups is 1. The number of nitrogens with one attached hydrogen (secondary N) is 1. The lowest BCUT2D eigenvalue weighted by Gasteiger charge is -2.23. The van der Waals surface area contributed by atoms with Crippen LogP contribution in [0.2, 0.25) is 0 Å². The summed E-state index contributed by atoms with van der Waals surface area (Å²) in [6, 6.07) is 0. The zero-order chi connectivity index (χ0) is 18.8. The Bertz CT molecular complexity index is 368. The predicted molar refractivity (Wildman–Crippen MR) is 112 cm³/mol. The molecule has 0 saturated heterocycles. The van der Waals surface area contributed by atoms with Gasteiger partial charge in [0, 0.05) is 12.0 Å². The van der Waals surface area contributed by atoms with Gasteiger partial charge in [0.2, 0.25) is 5.91 Å². The molecule has 0 heterocycles. The lowest BCUT2D eigenvalue weighted by Crippen LogP contribution is -2.37. The first kappa shape index (κ1) is 23.9. The molecule has 0 aromatic carbocycles. The van der Waals surface area contributed by atoms with Crippen LogP contribution in [0.5, 0.6) is 0 Å². The van der Waals surface area contributed by atoms with E-state index in [2.05, 4.69) is 43.5 Å². The summed E-state index contributed by atoms with van der Waals surface area (Å²) >= 11 is 0. The van der Waals surface area contributed by atoms with E-state index in [9.17, 15) is 4.79 Å². The van der Waals surface area contributed by atoms with Crippen molar-refractivity contribution in [3.63, 3.8) is 0 Å². The van der Waals surface area contributed by atoms with E-state index < -0.39 is 0 Å². The van der Waals surface area contributed by atoms with Crippen LogP contribution >= 0.6 is 0 Å². The molecule has 0 aliphatic heterocycles. The first-order valence-electron chi connectivity index (χ1n) is 10.4. The average molecular weight is 349 g/mol. The van der Waals surface area contributed by atoms with Crippen molar-refractivity contribution in [3.05, 3.63) is 31.2 Å². The quantitative estimate of drug-likeness (QED) is 0.242. The summed E-state index contributed by atoms with van der Waals surface area (Å²) in [6.45, 7) is 10.8. The highest BCUT2D eigenvalue weighted by atomic mass is 16.2. The summed E-state index contributed by atoms with van der Waals surface area (Å²) in [5, 5.41) is 2.96. The predicted octanol–water partition coefficient (Wildman–Crippen LogP) is 6.78. The fraction of sp³-hybridized carbons (Fsp3) is 0.739. The van der Waals surface area contributed by atoms with Crippen molar-refractivity contribution in [2.75, 3.05) is 6.54 Å². The van der Waals surface area contributed by atoms with E-state index >= 15 is 0 Å². The van der Waals surface area contributed by atoms with Gasteiger partial charge in [0.05, 0.1) is 0 Å². The van der Waals surface area contributed by atoms with Gasteiger partial charge in [0.25, 0.3) is 0 Å². The van der Waals surface area contributed by atoms with Crippen LogP contribution in [0.1, 0.15) is 97.8 Å². The molecule has 1 radical (unpaired) electrons. The highest BCUT2D eigenvalue weighted by Gasteiger charge is 2.26. The van der Waals surface area contributed by atoms with E-state index in [1.54, 1.807) is 0 Å². The minimum atomic E-state index is -0.251. The highest BCUT2D eigenvalue weighted by molar-refractivity contribution is 5.81. The number of carbonyl (C=O) groups excluding carboxylic acids is 1. The minimum Gasteiger partial charge on any atom is -0.356 e. The molecule has 0 saturated carbocycles. The summed E-state index contributed by atoms with van der Waals surface area (Å²) in [7, 11) is 0. The van der Waals surface area contributed by atoms with E-state index in [0.717, 1.165) is 25.7 Å². The second-order valence-corrected chi connectivity index (χ2v) is 7.62. The zero-order valence-electron chi connectivity index (χ0n) is 17.1. The summed E-state index contributed by atoms with van der Waals surface area (Å²) < 4.78 is 0. The van der Waals surface area contributed by atoms with E-state index in [0.29, 0.717) is 6.54 Å². The third-order valence-corrected chi connectivity index (χ3v) is 4.58. The monoisotopic (exact) mass is 348 g/mol. The summed E-state index contributed by atoms with van der Waals surface area (Å²) in [4.78, 5) is 12.0. The largest absolute Gasteiger partial charge is 0.356 e. The smallest absolute Gasteiger partial charge is 0.225 e. The van der Waals surface area contributed by atoms with Gasteiger partial charge in [-0.25, -0.2) is 0 Å². The second-order valence-electron chi connectivity index (χ2n) is 7.62. The van der Waals surface area contributed by atoms with Crippen LogP contribution in [0, 0.1) is 12.3 Å². The summed E-state index contributed by atoms with van der Waals surface area (Å²) in [5.41, 5.74) is -0.251. The Hall–Kier alpha value is -1.05. The van der Waals surface area contributed by atoms with Crippen molar-refractivity contribution < 1.29 is 4.79 Å². The van der Waals surface area contributed by atoms with Crippen LogP contribution in [-0.4, -0.2) is 12.5 Å². The maximum Gasteiger partial charge on any atom is 0.225 e. The average Bonchev–Trinajstić information content (AvgIpc) is 2.59. The van der Waals surface area contributed by atoms with Gasteiger partial charge >= 0.3 is 0 Å². The molecule has 0 spiro atoms. The molecule has 0 aromatic rings. The molecular formula is C23H42NO. The maximum absolute atomic E-state index is 12.0. The minimum absolute atomic E-state index is 0.168. The number of hydrogen-bond donors (Lipinski definition) is 1. The molecule has 25 heavy (non-hydrogen) atoms. The number of hydrogen-bond acceptors (Lipinski definition) is 1. The van der Waals surface area contributed by atoms with Crippen molar-refractivity contribution in [3.8, 4) is 0 Å². The molecular weight excluding hydrogens is 306 g/mol. The Labute approximate surface area is 157 Å². The van der Waals surface area contributed by atoms with Gasteiger partial charge in [0.1, 0.15) is 0 Å². The number of unbranched alkanes of at least 4 members (excludes halogenated alkanes) is 7. The van der Waals surface area contributed by atoms with Gasteiger partial charge in [0.15, 0.2) is 0 Å². The van der Waals surface area contributed by atoms with Gasteiger partial charge in [-0.2, -0.15) is 0 Å². The first-order chi connectivity index (χ1) is 12.0. The number of allylic oxidation sites excluding steroid dienone is 4. The van der Waals surface area contributed by atoms with Crippen molar-refractivity contribution >= 4 is 5.91 Å². The van der Waals surface area contributed by atoms with E-state index in [-0.39, 0.29) is 11.3 Å². The number of rotatable bonds is 16. The van der Waals surface area contributed by atoms with Gasteiger partial charge in [-0.1, -0.05) is 84.1 Å². The fourth-order valence-corrected chi connectivity index (χ4v) is 2.76. The van der Waals surface area contributed by atoms with Crippen LogP contribution in [0.3, 0.4) is 0 Å². The van der Waals surface area contributed by atoms with Crippen LogP contribution < -0.4 is 5.32 Å². The molecule has 0 unspecified atom stereocenters. The Morgan fingerprint density at radius 1 is 0.920 bits per heavy atom. The molecule has 2 nitrogen and oxygen atoms in total. The highest BCUT2D eigenvalue weighted by Crippen LogP contribution is 2.24. The molecule has 1 N–H and O–H groups in total. The Kier molecular flexibility index (Phi) is 15.7. The van der Waals surface area contributed by atoms with Crippen LogP contribution in [0.25, 0.3) is 0 Å². The van der Waals surface area contributed by atoms with Crippen molar-refractivity contribution in [1.82, 2.24) is 5.32 Å². The second kappa shape index (κ2) is 16.4. The van der Waals surface area contributed by atoms with Gasteiger partial charge in [-0.3, -0.25) is 4.79 Å². The van der Waals surface area contributed by atoms with Gasteiger partial charge in [-0.05, 0) is 44.9 Å². The molecule has 0 atom stereocenters. The first-order valence-corrected chi connectivity index (χ1v) is 10.4. The Morgan fingerprint density at radius 2 is 1.52 bits per heavy atom. The topological polar surface area (TPSA) is 29.1 Å².